The van der Waals surface area contributed by atoms with E-state index in [0.717, 1.165) is 49.2 Å². The molecule has 196 valence electrons. The Morgan fingerprint density at radius 2 is 1.64 bits per heavy atom. The summed E-state index contributed by atoms with van der Waals surface area (Å²) in [6.07, 6.45) is 2.51. The van der Waals surface area contributed by atoms with Gasteiger partial charge in [-0.25, -0.2) is 0 Å². The number of carbonyl (C=O) groups is 2. The molecule has 8 heteroatoms. The van der Waals surface area contributed by atoms with Gasteiger partial charge < -0.3 is 14.7 Å². The van der Waals surface area contributed by atoms with E-state index in [1.165, 1.54) is 0 Å². The molecule has 1 fully saturated rings. The molecule has 2 aromatic rings. The van der Waals surface area contributed by atoms with E-state index in [2.05, 4.69) is 4.90 Å². The van der Waals surface area contributed by atoms with E-state index in [9.17, 15) is 9.59 Å². The number of likely N-dealkylation sites (tertiary alicyclic amines) is 1. The van der Waals surface area contributed by atoms with E-state index in [4.69, 9.17) is 34.8 Å². The van der Waals surface area contributed by atoms with Crippen LogP contribution < -0.4 is 0 Å². The van der Waals surface area contributed by atoms with Gasteiger partial charge in [-0.15, -0.1) is 0 Å². The van der Waals surface area contributed by atoms with Crippen molar-refractivity contribution in [1.82, 2.24) is 14.7 Å². The van der Waals surface area contributed by atoms with Crippen molar-refractivity contribution in [2.75, 3.05) is 33.7 Å². The van der Waals surface area contributed by atoms with Crippen LogP contribution in [0.2, 0.25) is 15.1 Å². The molecular formula is C28H36Cl3N3O2. The van der Waals surface area contributed by atoms with Crippen molar-refractivity contribution < 1.29 is 9.59 Å². The number of piperidine rings is 1. The number of benzene rings is 2. The summed E-state index contributed by atoms with van der Waals surface area (Å²) in [4.78, 5) is 31.7. The van der Waals surface area contributed by atoms with E-state index in [1.54, 1.807) is 17.9 Å². The predicted molar refractivity (Wildman–Crippen MR) is 149 cm³/mol. The Bertz CT molecular complexity index is 1100. The molecule has 1 atom stereocenters. The van der Waals surface area contributed by atoms with Gasteiger partial charge in [-0.1, -0.05) is 53.0 Å². The van der Waals surface area contributed by atoms with Crippen LogP contribution >= 0.6 is 34.8 Å². The lowest BCUT2D eigenvalue weighted by Crippen LogP contribution is -2.48. The third-order valence-electron chi connectivity index (χ3n) is 7.55. The topological polar surface area (TPSA) is 43.9 Å². The Hall–Kier alpha value is -1.79. The zero-order valence-corrected chi connectivity index (χ0v) is 24.1. The average molecular weight is 553 g/mol. The smallest absolute Gasteiger partial charge is 0.233 e. The summed E-state index contributed by atoms with van der Waals surface area (Å²) in [5.74, 6) is 0.129. The summed E-state index contributed by atoms with van der Waals surface area (Å²) in [5.41, 5.74) is 2.09. The second-order valence-electron chi connectivity index (χ2n) is 10.2. The van der Waals surface area contributed by atoms with Crippen LogP contribution in [0.4, 0.5) is 0 Å². The number of halogens is 3. The molecule has 3 rings (SSSR count). The fourth-order valence-electron chi connectivity index (χ4n) is 4.96. The summed E-state index contributed by atoms with van der Waals surface area (Å²) in [5, 5.41) is 1.63. The Morgan fingerprint density at radius 1 is 1.00 bits per heavy atom. The molecule has 36 heavy (non-hydrogen) atoms. The summed E-state index contributed by atoms with van der Waals surface area (Å²) in [7, 11) is 3.71. The first-order valence-electron chi connectivity index (χ1n) is 12.3. The molecular weight excluding hydrogens is 517 g/mol. The quantitative estimate of drug-likeness (QED) is 0.391. The van der Waals surface area contributed by atoms with Crippen LogP contribution in [0, 0.1) is 6.92 Å². The number of amides is 2. The highest BCUT2D eigenvalue weighted by Crippen LogP contribution is 2.35. The van der Waals surface area contributed by atoms with E-state index >= 15 is 0 Å². The van der Waals surface area contributed by atoms with E-state index in [-0.39, 0.29) is 17.9 Å². The maximum Gasteiger partial charge on any atom is 0.233 e. The Kier molecular flexibility index (Phi) is 9.73. The van der Waals surface area contributed by atoms with Crippen LogP contribution in [0.15, 0.2) is 36.4 Å². The number of nitrogens with zero attached hydrogens (tertiary/aromatic N) is 3. The summed E-state index contributed by atoms with van der Waals surface area (Å²) >= 11 is 18.8. The van der Waals surface area contributed by atoms with Crippen molar-refractivity contribution in [3.8, 4) is 0 Å². The lowest BCUT2D eigenvalue weighted by molar-refractivity contribution is -0.136. The van der Waals surface area contributed by atoms with Crippen molar-refractivity contribution in [3.63, 3.8) is 0 Å². The fourth-order valence-corrected chi connectivity index (χ4v) is 5.37. The molecule has 2 aromatic carbocycles. The average Bonchev–Trinajstić information content (AvgIpc) is 2.85. The maximum absolute atomic E-state index is 14.0. The fraction of sp³-hybridized carbons (Fsp3) is 0.500. The molecule has 2 amide bonds. The highest BCUT2D eigenvalue weighted by molar-refractivity contribution is 6.42. The first kappa shape index (κ1) is 28.8. The molecule has 0 saturated carbocycles. The molecule has 1 heterocycles. The molecule has 0 spiro atoms. The monoisotopic (exact) mass is 551 g/mol. The third kappa shape index (κ3) is 6.74. The van der Waals surface area contributed by atoms with Gasteiger partial charge in [0.05, 0.1) is 15.5 Å². The number of likely N-dealkylation sites (N-methyl/N-ethyl adjacent to an activating group) is 1. The molecule has 1 aliphatic heterocycles. The van der Waals surface area contributed by atoms with Crippen molar-refractivity contribution >= 4 is 46.6 Å². The van der Waals surface area contributed by atoms with Crippen LogP contribution in [-0.4, -0.2) is 66.3 Å². The SMILES string of the molecule is CC(=O)N(C)C1CCN(CCC(C)(C(=O)N(C)Cc2ccc(Cl)c(C)c2)c2ccc(Cl)c(Cl)c2)CC1. The number of hydrogen-bond donors (Lipinski definition) is 0. The van der Waals surface area contributed by atoms with E-state index < -0.39 is 5.41 Å². The van der Waals surface area contributed by atoms with Crippen LogP contribution in [0.3, 0.4) is 0 Å². The van der Waals surface area contributed by atoms with Gasteiger partial charge in [-0.2, -0.15) is 0 Å². The first-order valence-corrected chi connectivity index (χ1v) is 13.5. The second kappa shape index (κ2) is 12.2. The number of rotatable bonds is 8. The minimum Gasteiger partial charge on any atom is -0.343 e. The molecule has 5 nitrogen and oxygen atoms in total. The molecule has 0 bridgehead atoms. The zero-order valence-electron chi connectivity index (χ0n) is 21.8. The molecule has 0 aliphatic carbocycles. The Labute approximate surface area is 230 Å². The molecule has 1 saturated heterocycles. The van der Waals surface area contributed by atoms with Crippen LogP contribution in [0.25, 0.3) is 0 Å². The maximum atomic E-state index is 14.0. The Morgan fingerprint density at radius 3 is 2.22 bits per heavy atom. The van der Waals surface area contributed by atoms with Crippen LogP contribution in [0.1, 0.15) is 49.8 Å². The van der Waals surface area contributed by atoms with Gasteiger partial charge in [0.2, 0.25) is 11.8 Å². The second-order valence-corrected chi connectivity index (χ2v) is 11.4. The minimum atomic E-state index is -0.780. The lowest BCUT2D eigenvalue weighted by atomic mass is 9.77. The molecule has 0 radical (unpaired) electrons. The van der Waals surface area contributed by atoms with Gasteiger partial charge in [0.15, 0.2) is 0 Å². The first-order chi connectivity index (χ1) is 16.9. The number of aryl methyl sites for hydroxylation is 1. The van der Waals surface area contributed by atoms with E-state index in [1.807, 2.05) is 63.2 Å². The van der Waals surface area contributed by atoms with Gasteiger partial charge in [0, 0.05) is 51.7 Å². The number of hydrogen-bond acceptors (Lipinski definition) is 3. The van der Waals surface area contributed by atoms with E-state index in [0.29, 0.717) is 28.0 Å². The van der Waals surface area contributed by atoms with Gasteiger partial charge in [0.25, 0.3) is 0 Å². The van der Waals surface area contributed by atoms with Gasteiger partial charge in [0.1, 0.15) is 0 Å². The van der Waals surface area contributed by atoms with Gasteiger partial charge >= 0.3 is 0 Å². The summed E-state index contributed by atoms with van der Waals surface area (Å²) < 4.78 is 0. The van der Waals surface area contributed by atoms with Gasteiger partial charge in [-0.05, 0) is 74.5 Å². The highest BCUT2D eigenvalue weighted by atomic mass is 35.5. The molecule has 0 N–H and O–H groups in total. The van der Waals surface area contributed by atoms with Crippen molar-refractivity contribution in [2.24, 2.45) is 0 Å². The number of carbonyl (C=O) groups excluding carboxylic acids is 2. The van der Waals surface area contributed by atoms with Gasteiger partial charge in [-0.3, -0.25) is 9.59 Å². The summed E-state index contributed by atoms with van der Waals surface area (Å²) in [6.45, 7) is 8.62. The van der Waals surface area contributed by atoms with Crippen molar-refractivity contribution in [1.29, 1.82) is 0 Å². The van der Waals surface area contributed by atoms with Crippen molar-refractivity contribution in [2.45, 2.75) is 58.0 Å². The summed E-state index contributed by atoms with van der Waals surface area (Å²) in [6, 6.07) is 11.6. The van der Waals surface area contributed by atoms with Crippen LogP contribution in [0.5, 0.6) is 0 Å². The zero-order chi connectivity index (χ0) is 26.6. The lowest BCUT2D eigenvalue weighted by Gasteiger charge is -2.39. The van der Waals surface area contributed by atoms with Crippen LogP contribution in [-0.2, 0) is 21.5 Å². The minimum absolute atomic E-state index is 0.0275. The normalized spacial score (nSPS) is 16.4. The highest BCUT2D eigenvalue weighted by Gasteiger charge is 2.38. The molecule has 0 aromatic heterocycles. The van der Waals surface area contributed by atoms with Crippen molar-refractivity contribution in [3.05, 3.63) is 68.2 Å². The Balaban J connectivity index is 1.77. The predicted octanol–water partition coefficient (Wildman–Crippen LogP) is 6.20. The molecule has 1 aliphatic rings. The standard InChI is InChI=1S/C28H36Cl3N3O2/c1-19-16-21(6-8-24(19)29)18-32(4)27(36)28(3,22-7-9-25(30)26(31)17-22)12-15-34-13-10-23(11-14-34)33(5)20(2)35/h6-9,16-17,23H,10-15,18H2,1-5H3. The largest absolute Gasteiger partial charge is 0.343 e. The third-order valence-corrected chi connectivity index (χ3v) is 8.71. The molecule has 1 unspecified atom stereocenters.